The molecule has 0 aliphatic carbocycles. The number of rotatable bonds is 3. The summed E-state index contributed by atoms with van der Waals surface area (Å²) in [5, 5.41) is 8.86. The largest absolute Gasteiger partial charge is 0.381 e. The Morgan fingerprint density at radius 2 is 1.85 bits per heavy atom. The number of carbonyl (C=O) groups excluding carboxylic acids is 1. The average molecular weight is 188 g/mol. The monoisotopic (exact) mass is 188 g/mol. The summed E-state index contributed by atoms with van der Waals surface area (Å²) in [4.78, 5) is 17.1. The van der Waals surface area contributed by atoms with Crippen molar-refractivity contribution in [3.63, 3.8) is 0 Å². The number of hydrogen-bond acceptors (Lipinski definition) is 3. The van der Waals surface area contributed by atoms with Gasteiger partial charge in [-0.05, 0) is 0 Å². The molecule has 13 heavy (non-hydrogen) atoms. The molecule has 0 aliphatic rings. The molecular formula is C5H12N6O2. The molecule has 0 saturated carbocycles. The molecule has 9 N–H and O–H groups in total. The smallest absolute Gasteiger partial charge is 0.248 e. The molecule has 0 aromatic heterocycles. The van der Waals surface area contributed by atoms with Crippen molar-refractivity contribution in [1.29, 1.82) is 0 Å². The summed E-state index contributed by atoms with van der Waals surface area (Å²) in [6, 6.07) is 0. The lowest BCUT2D eigenvalue weighted by Gasteiger charge is -2.01. The fourth-order valence-corrected chi connectivity index (χ4v) is 0.438. The van der Waals surface area contributed by atoms with E-state index in [-0.39, 0.29) is 18.5 Å². The zero-order valence-electron chi connectivity index (χ0n) is 6.84. The van der Waals surface area contributed by atoms with Crippen molar-refractivity contribution in [3.8, 4) is 0 Å². The van der Waals surface area contributed by atoms with Gasteiger partial charge in [0.2, 0.25) is 11.9 Å². The molecule has 0 rings (SSSR count). The van der Waals surface area contributed by atoms with Crippen molar-refractivity contribution >= 4 is 17.8 Å². The lowest BCUT2D eigenvalue weighted by Crippen LogP contribution is -2.32. The van der Waals surface area contributed by atoms with E-state index in [4.69, 9.17) is 28.0 Å². The SMILES string of the molecule is NC(=O)C(O)CN=C(N)N=C(N)N. The number of aliphatic hydroxyl groups excluding tert-OH is 1. The van der Waals surface area contributed by atoms with Gasteiger partial charge in [-0.1, -0.05) is 0 Å². The third-order valence-corrected chi connectivity index (χ3v) is 0.998. The van der Waals surface area contributed by atoms with Crippen LogP contribution in [0.3, 0.4) is 0 Å². The molecule has 1 atom stereocenters. The molecule has 0 aromatic rings. The number of amides is 1. The van der Waals surface area contributed by atoms with E-state index >= 15 is 0 Å². The molecule has 1 amide bonds. The van der Waals surface area contributed by atoms with E-state index in [9.17, 15) is 4.79 Å². The first-order chi connectivity index (χ1) is 5.93. The number of guanidine groups is 2. The topological polar surface area (TPSA) is 166 Å². The van der Waals surface area contributed by atoms with Crippen LogP contribution in [0.25, 0.3) is 0 Å². The van der Waals surface area contributed by atoms with Crippen molar-refractivity contribution < 1.29 is 9.90 Å². The van der Waals surface area contributed by atoms with Gasteiger partial charge in [0.1, 0.15) is 0 Å². The molecule has 0 aliphatic heterocycles. The summed E-state index contributed by atoms with van der Waals surface area (Å²) < 4.78 is 0. The number of aliphatic hydroxyl groups is 1. The molecule has 0 heterocycles. The van der Waals surface area contributed by atoms with Gasteiger partial charge in [0.25, 0.3) is 0 Å². The Labute approximate surface area is 74.3 Å². The highest BCUT2D eigenvalue weighted by Gasteiger charge is 2.08. The maximum Gasteiger partial charge on any atom is 0.248 e. The van der Waals surface area contributed by atoms with Crippen LogP contribution in [0.5, 0.6) is 0 Å². The number of nitrogens with zero attached hydrogens (tertiary/aromatic N) is 2. The van der Waals surface area contributed by atoms with Crippen LogP contribution in [0.2, 0.25) is 0 Å². The highest BCUT2D eigenvalue weighted by atomic mass is 16.3. The minimum Gasteiger partial charge on any atom is -0.381 e. The van der Waals surface area contributed by atoms with Gasteiger partial charge >= 0.3 is 0 Å². The highest BCUT2D eigenvalue weighted by Crippen LogP contribution is 1.83. The maximum absolute atomic E-state index is 10.3. The second-order valence-electron chi connectivity index (χ2n) is 2.15. The fraction of sp³-hybridized carbons (Fsp3) is 0.400. The van der Waals surface area contributed by atoms with Gasteiger partial charge in [-0.2, -0.15) is 4.99 Å². The van der Waals surface area contributed by atoms with E-state index in [1.807, 2.05) is 0 Å². The molecule has 8 heteroatoms. The van der Waals surface area contributed by atoms with Crippen LogP contribution in [0, 0.1) is 0 Å². The summed E-state index contributed by atoms with van der Waals surface area (Å²) in [5.41, 5.74) is 19.8. The van der Waals surface area contributed by atoms with Crippen LogP contribution in [-0.4, -0.2) is 35.6 Å². The molecule has 0 aromatic carbocycles. The molecule has 0 saturated heterocycles. The van der Waals surface area contributed by atoms with Gasteiger partial charge < -0.3 is 28.0 Å². The van der Waals surface area contributed by atoms with Gasteiger partial charge in [0.05, 0.1) is 6.54 Å². The fourth-order valence-electron chi connectivity index (χ4n) is 0.438. The zero-order chi connectivity index (χ0) is 10.4. The summed E-state index contributed by atoms with van der Waals surface area (Å²) >= 11 is 0. The van der Waals surface area contributed by atoms with Crippen LogP contribution in [-0.2, 0) is 4.79 Å². The van der Waals surface area contributed by atoms with Gasteiger partial charge in [-0.25, -0.2) is 4.99 Å². The molecule has 0 radical (unpaired) electrons. The molecule has 8 nitrogen and oxygen atoms in total. The third kappa shape index (κ3) is 5.44. The van der Waals surface area contributed by atoms with Gasteiger partial charge in [0.15, 0.2) is 12.1 Å². The van der Waals surface area contributed by atoms with E-state index in [2.05, 4.69) is 9.98 Å². The van der Waals surface area contributed by atoms with E-state index in [0.29, 0.717) is 0 Å². The lowest BCUT2D eigenvalue weighted by atomic mass is 10.3. The molecule has 0 fully saturated rings. The summed E-state index contributed by atoms with van der Waals surface area (Å²) in [6.45, 7) is -0.266. The Kier molecular flexibility index (Phi) is 4.24. The van der Waals surface area contributed by atoms with Crippen molar-refractivity contribution in [2.45, 2.75) is 6.10 Å². The zero-order valence-corrected chi connectivity index (χ0v) is 6.84. The van der Waals surface area contributed by atoms with Crippen LogP contribution in [0.4, 0.5) is 0 Å². The highest BCUT2D eigenvalue weighted by molar-refractivity contribution is 5.92. The average Bonchev–Trinajstić information content (AvgIpc) is 1.98. The minimum atomic E-state index is -1.38. The normalized spacial score (nSPS) is 13.5. The predicted molar refractivity (Wildman–Crippen MR) is 47.5 cm³/mol. The first-order valence-electron chi connectivity index (χ1n) is 3.30. The molecule has 0 spiro atoms. The van der Waals surface area contributed by atoms with Crippen LogP contribution in [0.1, 0.15) is 0 Å². The Morgan fingerprint density at radius 1 is 1.31 bits per heavy atom. The Balaban J connectivity index is 4.12. The second-order valence-corrected chi connectivity index (χ2v) is 2.15. The van der Waals surface area contributed by atoms with Crippen molar-refractivity contribution in [1.82, 2.24) is 0 Å². The maximum atomic E-state index is 10.3. The Morgan fingerprint density at radius 3 is 2.23 bits per heavy atom. The number of hydrogen-bond donors (Lipinski definition) is 5. The van der Waals surface area contributed by atoms with E-state index in [0.717, 1.165) is 0 Å². The van der Waals surface area contributed by atoms with Gasteiger partial charge in [-0.15, -0.1) is 0 Å². The van der Waals surface area contributed by atoms with Crippen molar-refractivity contribution in [3.05, 3.63) is 0 Å². The van der Waals surface area contributed by atoms with Crippen LogP contribution in [0.15, 0.2) is 9.98 Å². The Hall–Kier alpha value is -1.83. The summed E-state index contributed by atoms with van der Waals surface area (Å²) in [6.07, 6.45) is -1.38. The second kappa shape index (κ2) is 4.93. The number of carbonyl (C=O) groups is 1. The summed E-state index contributed by atoms with van der Waals surface area (Å²) in [7, 11) is 0. The number of primary amides is 1. The molecule has 74 valence electrons. The van der Waals surface area contributed by atoms with E-state index in [1.54, 1.807) is 0 Å². The first kappa shape index (κ1) is 11.2. The van der Waals surface area contributed by atoms with Gasteiger partial charge in [-0.3, -0.25) is 4.79 Å². The van der Waals surface area contributed by atoms with Crippen molar-refractivity contribution in [2.75, 3.05) is 6.54 Å². The minimum absolute atomic E-state index is 0.222. The number of nitrogens with two attached hydrogens (primary N) is 4. The van der Waals surface area contributed by atoms with Crippen LogP contribution < -0.4 is 22.9 Å². The third-order valence-electron chi connectivity index (χ3n) is 0.998. The van der Waals surface area contributed by atoms with Crippen molar-refractivity contribution in [2.24, 2.45) is 32.9 Å². The Bertz CT molecular complexity index is 243. The van der Waals surface area contributed by atoms with E-state index in [1.165, 1.54) is 0 Å². The van der Waals surface area contributed by atoms with E-state index < -0.39 is 12.0 Å². The molecular weight excluding hydrogens is 176 g/mol. The molecule has 1 unspecified atom stereocenters. The summed E-state index contributed by atoms with van der Waals surface area (Å²) in [5.74, 6) is -1.36. The van der Waals surface area contributed by atoms with Gasteiger partial charge in [0, 0.05) is 0 Å². The first-order valence-corrected chi connectivity index (χ1v) is 3.30. The van der Waals surface area contributed by atoms with Crippen LogP contribution >= 0.6 is 0 Å². The standard InChI is InChI=1S/C5H12N6O2/c6-3(13)2(12)1-10-5(9)11-4(7)8/h2,12H,1H2,(H2,6,13)(H6,7,8,9,10,11). The number of aliphatic imine (C=N–C) groups is 2. The molecule has 0 bridgehead atoms. The predicted octanol–water partition coefficient (Wildman–Crippen LogP) is -3.58. The lowest BCUT2D eigenvalue weighted by molar-refractivity contribution is -0.125. The quantitative estimate of drug-likeness (QED) is 0.228.